The Morgan fingerprint density at radius 3 is 1.37 bits per heavy atom. The monoisotopic (exact) mass is 893 g/mol. The first kappa shape index (κ1) is 59.7. The molecule has 360 valence electrons. The summed E-state index contributed by atoms with van der Waals surface area (Å²) in [5, 5.41) is 0. The molecule has 0 aliphatic carbocycles. The predicted octanol–water partition coefficient (Wildman–Crippen LogP) is 14.8. The van der Waals surface area contributed by atoms with Crippen LogP contribution in [-0.2, 0) is 32.7 Å². The first-order chi connectivity index (χ1) is 30.0. The fourth-order valence-corrected chi connectivity index (χ4v) is 7.33. The Morgan fingerprint density at radius 2 is 0.887 bits per heavy atom. The van der Waals surface area contributed by atoms with Crippen LogP contribution in [0.3, 0.4) is 0 Å². The van der Waals surface area contributed by atoms with Gasteiger partial charge < -0.3 is 18.9 Å². The highest BCUT2D eigenvalue weighted by Crippen LogP contribution is 2.43. The molecule has 2 atom stereocenters. The predicted molar refractivity (Wildman–Crippen MR) is 261 cm³/mol. The van der Waals surface area contributed by atoms with Crippen LogP contribution in [-0.4, -0.2) is 74.9 Å². The number of carbonyl (C=O) groups excluding carboxylic acids is 2. The summed E-state index contributed by atoms with van der Waals surface area (Å²) in [5.74, 6) is -0.866. The van der Waals surface area contributed by atoms with Crippen LogP contribution in [0.2, 0.25) is 0 Å². The third-order valence-electron chi connectivity index (χ3n) is 10.5. The summed E-state index contributed by atoms with van der Waals surface area (Å²) in [6.07, 6.45) is 54.2. The van der Waals surface area contributed by atoms with Crippen LogP contribution < -0.4 is 0 Å². The zero-order valence-corrected chi connectivity index (χ0v) is 41.5. The molecule has 0 heterocycles. The van der Waals surface area contributed by atoms with Gasteiger partial charge in [-0.15, -0.1) is 0 Å². The van der Waals surface area contributed by atoms with Crippen LogP contribution in [0.1, 0.15) is 206 Å². The smallest absolute Gasteiger partial charge is 0.462 e. The number of nitrogens with zero attached hydrogens (tertiary/aromatic N) is 1. The molecule has 0 aromatic carbocycles. The van der Waals surface area contributed by atoms with E-state index >= 15 is 0 Å². The van der Waals surface area contributed by atoms with Crippen LogP contribution >= 0.6 is 7.82 Å². The Morgan fingerprint density at radius 1 is 0.500 bits per heavy atom. The lowest BCUT2D eigenvalue weighted by Gasteiger charge is -2.24. The van der Waals surface area contributed by atoms with Crippen molar-refractivity contribution in [1.29, 1.82) is 0 Å². The molecule has 1 unspecified atom stereocenters. The quantitative estimate of drug-likeness (QED) is 0.0212. The minimum atomic E-state index is -4.40. The fourth-order valence-electron chi connectivity index (χ4n) is 6.59. The van der Waals surface area contributed by atoms with Crippen molar-refractivity contribution in [2.45, 2.75) is 213 Å². The average molecular weight is 893 g/mol. The lowest BCUT2D eigenvalue weighted by molar-refractivity contribution is -0.870. The standard InChI is InChI=1S/C52H94NO8P/c1-6-8-10-12-14-16-18-20-22-24-25-26-27-29-31-33-35-37-39-41-43-45-52(55)61-50(49-60-62(56,57)59-47-46-53(3,4)5)48-58-51(54)44-42-40-38-36-34-32-30-28-23-21-19-17-15-13-11-9-7-2/h17,19,22,24,26-27,31,33,37,39,50H,6-16,18,20-21,23,25,28-30,32,34-36,38,40-49H2,1-5H3/p+1/b19-17+,24-22+,27-26+,33-31+,39-37+/t50-/m1/s1. The highest BCUT2D eigenvalue weighted by molar-refractivity contribution is 7.47. The number of ether oxygens (including phenoxy) is 2. The topological polar surface area (TPSA) is 108 Å². The summed E-state index contributed by atoms with van der Waals surface area (Å²) in [6, 6.07) is 0. The number of phosphoric ester groups is 1. The second-order valence-corrected chi connectivity index (χ2v) is 19.3. The zero-order chi connectivity index (χ0) is 45.7. The summed E-state index contributed by atoms with van der Waals surface area (Å²) in [5.41, 5.74) is 0. The van der Waals surface area contributed by atoms with Crippen molar-refractivity contribution in [3.63, 3.8) is 0 Å². The number of carbonyl (C=O) groups is 2. The molecule has 0 radical (unpaired) electrons. The van der Waals surface area contributed by atoms with E-state index in [4.69, 9.17) is 18.5 Å². The van der Waals surface area contributed by atoms with Gasteiger partial charge in [0, 0.05) is 12.8 Å². The van der Waals surface area contributed by atoms with Crippen LogP contribution in [0.4, 0.5) is 0 Å². The van der Waals surface area contributed by atoms with Crippen molar-refractivity contribution in [3.05, 3.63) is 60.8 Å². The third kappa shape index (κ3) is 47.2. The van der Waals surface area contributed by atoms with Crippen molar-refractivity contribution >= 4 is 19.8 Å². The van der Waals surface area contributed by atoms with E-state index in [0.717, 1.165) is 38.5 Å². The number of allylic oxidation sites excluding steroid dienone is 10. The Bertz CT molecular complexity index is 1240. The van der Waals surface area contributed by atoms with Gasteiger partial charge >= 0.3 is 19.8 Å². The lowest BCUT2D eigenvalue weighted by atomic mass is 10.1. The zero-order valence-electron chi connectivity index (χ0n) is 40.6. The normalized spacial score (nSPS) is 14.0. The van der Waals surface area contributed by atoms with Gasteiger partial charge in [-0.3, -0.25) is 18.6 Å². The van der Waals surface area contributed by atoms with E-state index in [1.54, 1.807) is 0 Å². The molecule has 9 nitrogen and oxygen atoms in total. The number of likely N-dealkylation sites (N-methyl/N-ethyl adjacent to an activating group) is 1. The summed E-state index contributed by atoms with van der Waals surface area (Å²) in [6.45, 7) is 4.35. The van der Waals surface area contributed by atoms with Crippen LogP contribution in [0.15, 0.2) is 60.8 Å². The highest BCUT2D eigenvalue weighted by atomic mass is 31.2. The summed E-state index contributed by atoms with van der Waals surface area (Å²) in [7, 11) is 1.44. The van der Waals surface area contributed by atoms with Gasteiger partial charge in [-0.1, -0.05) is 177 Å². The van der Waals surface area contributed by atoms with E-state index in [-0.39, 0.29) is 32.0 Å². The van der Waals surface area contributed by atoms with Gasteiger partial charge in [0.2, 0.25) is 0 Å². The maximum atomic E-state index is 12.7. The maximum absolute atomic E-state index is 12.7. The Balaban J connectivity index is 4.39. The number of quaternary nitrogens is 1. The second kappa shape index (κ2) is 43.9. The molecule has 0 saturated carbocycles. The van der Waals surface area contributed by atoms with Crippen molar-refractivity contribution in [2.24, 2.45) is 0 Å². The maximum Gasteiger partial charge on any atom is 0.472 e. The van der Waals surface area contributed by atoms with Crippen LogP contribution in [0.25, 0.3) is 0 Å². The minimum Gasteiger partial charge on any atom is -0.462 e. The molecule has 1 N–H and O–H groups in total. The van der Waals surface area contributed by atoms with Crippen molar-refractivity contribution in [2.75, 3.05) is 47.5 Å². The molecule has 0 rings (SSSR count). The average Bonchev–Trinajstić information content (AvgIpc) is 3.23. The van der Waals surface area contributed by atoms with E-state index in [0.29, 0.717) is 23.9 Å². The molecule has 0 saturated heterocycles. The molecular formula is C52H95NO8P+. The van der Waals surface area contributed by atoms with Crippen molar-refractivity contribution in [1.82, 2.24) is 0 Å². The van der Waals surface area contributed by atoms with E-state index in [1.807, 2.05) is 21.1 Å². The lowest BCUT2D eigenvalue weighted by Crippen LogP contribution is -2.37. The number of hydrogen-bond donors (Lipinski definition) is 1. The number of hydrogen-bond acceptors (Lipinski definition) is 7. The number of rotatable bonds is 45. The molecule has 0 bridgehead atoms. The molecular weight excluding hydrogens is 798 g/mol. The van der Waals surface area contributed by atoms with E-state index in [1.165, 1.54) is 128 Å². The molecule has 0 aliphatic heterocycles. The number of phosphoric acid groups is 1. The molecule has 0 amide bonds. The third-order valence-corrected chi connectivity index (χ3v) is 11.5. The molecule has 62 heavy (non-hydrogen) atoms. The first-order valence-electron chi connectivity index (χ1n) is 25.0. The van der Waals surface area contributed by atoms with Crippen molar-refractivity contribution < 1.29 is 42.1 Å². The van der Waals surface area contributed by atoms with E-state index in [9.17, 15) is 19.0 Å². The Labute approximate surface area is 381 Å². The highest BCUT2D eigenvalue weighted by Gasteiger charge is 2.27. The first-order valence-corrected chi connectivity index (χ1v) is 26.5. The van der Waals surface area contributed by atoms with Crippen LogP contribution in [0, 0.1) is 0 Å². The summed E-state index contributed by atoms with van der Waals surface area (Å²) in [4.78, 5) is 35.5. The van der Waals surface area contributed by atoms with Gasteiger partial charge in [0.05, 0.1) is 27.7 Å². The number of unbranched alkanes of at least 4 members (excludes halogenated alkanes) is 21. The molecule has 10 heteroatoms. The molecule has 0 aliphatic rings. The molecule has 0 fully saturated rings. The summed E-state index contributed by atoms with van der Waals surface area (Å²) >= 11 is 0. The minimum absolute atomic E-state index is 0.0194. The SMILES string of the molecule is CCCCCC/C=C/CCCCCCCCCCCC(=O)OC[C@H](COP(=O)(O)OCC[N+](C)(C)C)OC(=O)CCC/C=C/C/C=C/C/C=C/C/C=C/CCCCCCCCC. The number of esters is 2. The summed E-state index contributed by atoms with van der Waals surface area (Å²) < 4.78 is 34.3. The van der Waals surface area contributed by atoms with Gasteiger partial charge in [0.1, 0.15) is 19.8 Å². The van der Waals surface area contributed by atoms with Crippen molar-refractivity contribution in [3.8, 4) is 0 Å². The van der Waals surface area contributed by atoms with Gasteiger partial charge in [-0.25, -0.2) is 4.57 Å². The van der Waals surface area contributed by atoms with Gasteiger partial charge in [0.15, 0.2) is 6.10 Å². The van der Waals surface area contributed by atoms with Gasteiger partial charge in [0.25, 0.3) is 0 Å². The Hall–Kier alpha value is -2.29. The Kier molecular flexibility index (Phi) is 42.3. The van der Waals surface area contributed by atoms with E-state index < -0.39 is 26.5 Å². The van der Waals surface area contributed by atoms with E-state index in [2.05, 4.69) is 74.6 Å². The molecule has 0 spiro atoms. The fraction of sp³-hybridized carbons (Fsp3) is 0.769. The molecule has 0 aromatic heterocycles. The van der Waals surface area contributed by atoms with Crippen LogP contribution in [0.5, 0.6) is 0 Å². The molecule has 0 aromatic rings. The second-order valence-electron chi connectivity index (χ2n) is 17.8. The van der Waals surface area contributed by atoms with Gasteiger partial charge in [-0.2, -0.15) is 0 Å². The van der Waals surface area contributed by atoms with Gasteiger partial charge in [-0.05, 0) is 77.0 Å². The largest absolute Gasteiger partial charge is 0.472 e.